The predicted octanol–water partition coefficient (Wildman–Crippen LogP) is 4.66. The van der Waals surface area contributed by atoms with Crippen molar-refractivity contribution in [1.29, 1.82) is 0 Å². The molecule has 0 aliphatic heterocycles. The van der Waals surface area contributed by atoms with Crippen LogP contribution in [0.15, 0.2) is 36.4 Å². The van der Waals surface area contributed by atoms with Crippen molar-refractivity contribution in [2.75, 3.05) is 24.2 Å². The maximum absolute atomic E-state index is 13.0. The molecule has 2 aliphatic rings. The van der Waals surface area contributed by atoms with Crippen LogP contribution in [0.3, 0.4) is 0 Å². The largest absolute Gasteiger partial charge is 0.332 e. The number of carbonyl (C=O) groups excluding carboxylic acids is 1. The number of benzene rings is 2. The summed E-state index contributed by atoms with van der Waals surface area (Å²) in [5.74, 6) is -0.121. The van der Waals surface area contributed by atoms with Gasteiger partial charge in [-0.2, -0.15) is 0 Å². The number of hydrogen-bond acceptors (Lipinski definition) is 4. The Morgan fingerprint density at radius 3 is 2.21 bits per heavy atom. The van der Waals surface area contributed by atoms with Crippen molar-refractivity contribution in [1.82, 2.24) is 9.62 Å². The molecule has 0 bridgehead atoms. The monoisotopic (exact) mass is 483 g/mol. The fourth-order valence-corrected chi connectivity index (χ4v) is 7.10. The lowest BCUT2D eigenvalue weighted by Crippen LogP contribution is -2.44. The second kappa shape index (κ2) is 10.1. The topological polar surface area (TPSA) is 78.5 Å². The van der Waals surface area contributed by atoms with E-state index in [0.29, 0.717) is 6.54 Å². The van der Waals surface area contributed by atoms with Crippen molar-refractivity contribution in [2.24, 2.45) is 5.41 Å². The molecule has 0 saturated heterocycles. The first-order valence-electron chi connectivity index (χ1n) is 12.4. The van der Waals surface area contributed by atoms with Crippen LogP contribution >= 0.6 is 0 Å². The van der Waals surface area contributed by atoms with Crippen LogP contribution in [0.1, 0.15) is 61.4 Å². The van der Waals surface area contributed by atoms with E-state index in [2.05, 4.69) is 40.1 Å². The molecule has 34 heavy (non-hydrogen) atoms. The Labute approximate surface area is 204 Å². The van der Waals surface area contributed by atoms with Gasteiger partial charge >= 0.3 is 6.03 Å². The Balaban J connectivity index is 1.40. The molecule has 2 amide bonds. The highest BCUT2D eigenvalue weighted by molar-refractivity contribution is 7.90. The average molecular weight is 484 g/mol. The van der Waals surface area contributed by atoms with Crippen molar-refractivity contribution in [2.45, 2.75) is 65.8 Å². The lowest BCUT2D eigenvalue weighted by Gasteiger charge is -2.32. The Hall–Kier alpha value is -2.38. The minimum atomic E-state index is -3.80. The molecule has 2 aromatic carbocycles. The number of anilines is 1. The fraction of sp³-hybridized carbons (Fsp3) is 0.519. The van der Waals surface area contributed by atoms with Crippen molar-refractivity contribution >= 4 is 21.7 Å². The van der Waals surface area contributed by atoms with Crippen LogP contribution < -0.4 is 10.0 Å². The molecule has 7 heteroatoms. The molecule has 184 valence electrons. The van der Waals surface area contributed by atoms with Gasteiger partial charge in [0.1, 0.15) is 0 Å². The zero-order chi connectivity index (χ0) is 24.3. The van der Waals surface area contributed by atoms with E-state index >= 15 is 0 Å². The smallest absolute Gasteiger partial charge is 0.307 e. The molecule has 0 radical (unpaired) electrons. The third-order valence-corrected chi connectivity index (χ3v) is 8.55. The van der Waals surface area contributed by atoms with Crippen LogP contribution in [0.4, 0.5) is 10.5 Å². The van der Waals surface area contributed by atoms with Gasteiger partial charge in [-0.25, -0.2) is 17.9 Å². The molecule has 2 aliphatic carbocycles. The van der Waals surface area contributed by atoms with Gasteiger partial charge in [0, 0.05) is 18.8 Å². The summed E-state index contributed by atoms with van der Waals surface area (Å²) in [6, 6.07) is 11.8. The van der Waals surface area contributed by atoms with Gasteiger partial charge in [-0.1, -0.05) is 57.2 Å². The number of fused-ring (bicyclic) bond motifs is 2. The maximum Gasteiger partial charge on any atom is 0.332 e. The Bertz CT molecular complexity index is 1110. The summed E-state index contributed by atoms with van der Waals surface area (Å²) in [5, 5.41) is 2.93. The summed E-state index contributed by atoms with van der Waals surface area (Å²) < 4.78 is 28.2. The van der Waals surface area contributed by atoms with Gasteiger partial charge in [0.05, 0.1) is 5.75 Å². The van der Waals surface area contributed by atoms with Gasteiger partial charge in [0.15, 0.2) is 0 Å². The molecule has 0 unspecified atom stereocenters. The van der Waals surface area contributed by atoms with E-state index < -0.39 is 21.5 Å². The lowest BCUT2D eigenvalue weighted by molar-refractivity contribution is 0.194. The highest BCUT2D eigenvalue weighted by atomic mass is 32.2. The molecule has 0 saturated carbocycles. The van der Waals surface area contributed by atoms with Gasteiger partial charge in [0.25, 0.3) is 0 Å². The number of sulfonamides is 1. The average Bonchev–Trinajstić information content (AvgIpc) is 3.41. The molecule has 0 heterocycles. The van der Waals surface area contributed by atoms with Crippen molar-refractivity contribution in [3.05, 3.63) is 64.2 Å². The molecule has 0 spiro atoms. The van der Waals surface area contributed by atoms with E-state index in [-0.39, 0.29) is 5.75 Å². The van der Waals surface area contributed by atoms with Crippen molar-refractivity contribution in [3.63, 3.8) is 0 Å². The summed E-state index contributed by atoms with van der Waals surface area (Å²) in [4.78, 5) is 15.1. The highest BCUT2D eigenvalue weighted by Crippen LogP contribution is 2.38. The number of aryl methyl sites for hydroxylation is 2. The van der Waals surface area contributed by atoms with Gasteiger partial charge in [0.2, 0.25) is 10.0 Å². The Morgan fingerprint density at radius 2 is 1.62 bits per heavy atom. The number of urea groups is 1. The standard InChI is InChI=1S/C27H37N3O3S/c1-4-30(17-20-10-6-5-7-11-20)18-27(2,3)19-34(32,33)29-26(31)28-25-23-14-8-12-21(23)16-22-13-9-15-24(22)25/h5-7,10-11,16H,4,8-9,12-15,17-19H2,1-3H3,(H2,28,29,31). The predicted molar refractivity (Wildman–Crippen MR) is 138 cm³/mol. The molecule has 0 aromatic heterocycles. The maximum atomic E-state index is 13.0. The third-order valence-electron chi connectivity index (χ3n) is 6.89. The quantitative estimate of drug-likeness (QED) is 0.544. The Morgan fingerprint density at radius 1 is 1.00 bits per heavy atom. The highest BCUT2D eigenvalue weighted by Gasteiger charge is 2.30. The molecule has 0 fully saturated rings. The van der Waals surface area contributed by atoms with Gasteiger partial charge in [-0.15, -0.1) is 0 Å². The van der Waals surface area contributed by atoms with E-state index in [1.165, 1.54) is 27.8 Å². The number of amides is 2. The minimum absolute atomic E-state index is 0.121. The summed E-state index contributed by atoms with van der Waals surface area (Å²) in [5.41, 5.74) is 6.52. The first-order valence-corrected chi connectivity index (χ1v) is 14.1. The summed E-state index contributed by atoms with van der Waals surface area (Å²) in [6.45, 7) is 8.15. The molecular formula is C27H37N3O3S. The van der Waals surface area contributed by atoms with Crippen LogP contribution in [-0.2, 0) is 42.3 Å². The molecule has 2 N–H and O–H groups in total. The third kappa shape index (κ3) is 5.99. The Kier molecular flexibility index (Phi) is 7.33. The second-order valence-electron chi connectivity index (χ2n) is 10.5. The van der Waals surface area contributed by atoms with Crippen molar-refractivity contribution < 1.29 is 13.2 Å². The van der Waals surface area contributed by atoms with Gasteiger partial charge in [-0.3, -0.25) is 4.90 Å². The molecule has 2 aromatic rings. The lowest BCUT2D eigenvalue weighted by atomic mass is 9.95. The molecular weight excluding hydrogens is 446 g/mol. The van der Waals surface area contributed by atoms with E-state index in [9.17, 15) is 13.2 Å². The van der Waals surface area contributed by atoms with E-state index in [1.54, 1.807) is 0 Å². The fourth-order valence-electron chi connectivity index (χ4n) is 5.57. The van der Waals surface area contributed by atoms with E-state index in [0.717, 1.165) is 57.3 Å². The van der Waals surface area contributed by atoms with Crippen molar-refractivity contribution in [3.8, 4) is 0 Å². The normalized spacial score (nSPS) is 15.3. The van der Waals surface area contributed by atoms with Crippen LogP contribution in [0.25, 0.3) is 0 Å². The number of rotatable bonds is 9. The summed E-state index contributed by atoms with van der Waals surface area (Å²) in [6.07, 6.45) is 6.10. The van der Waals surface area contributed by atoms with Crippen LogP contribution in [0, 0.1) is 5.41 Å². The van der Waals surface area contributed by atoms with Crippen LogP contribution in [0.2, 0.25) is 0 Å². The van der Waals surface area contributed by atoms with E-state index in [1.807, 2.05) is 32.0 Å². The second-order valence-corrected chi connectivity index (χ2v) is 12.2. The first kappa shape index (κ1) is 24.7. The summed E-state index contributed by atoms with van der Waals surface area (Å²) >= 11 is 0. The summed E-state index contributed by atoms with van der Waals surface area (Å²) in [7, 11) is -3.80. The van der Waals surface area contributed by atoms with E-state index in [4.69, 9.17) is 0 Å². The molecule has 6 nitrogen and oxygen atoms in total. The first-order chi connectivity index (χ1) is 16.2. The minimum Gasteiger partial charge on any atom is -0.307 e. The SMILES string of the molecule is CCN(Cc1ccccc1)CC(C)(C)CS(=O)(=O)NC(=O)Nc1c2c(cc3c1CCC3)CCC2. The zero-order valence-corrected chi connectivity index (χ0v) is 21.4. The van der Waals surface area contributed by atoms with Crippen LogP contribution in [0.5, 0.6) is 0 Å². The molecule has 0 atom stereocenters. The van der Waals surface area contributed by atoms with Gasteiger partial charge < -0.3 is 5.32 Å². The molecule has 4 rings (SSSR count). The number of nitrogens with one attached hydrogen (secondary N) is 2. The number of nitrogens with zero attached hydrogens (tertiary/aromatic N) is 1. The number of carbonyl (C=O) groups is 1. The number of hydrogen-bond donors (Lipinski definition) is 2. The van der Waals surface area contributed by atoms with Gasteiger partial charge in [-0.05, 0) is 78.3 Å². The zero-order valence-electron chi connectivity index (χ0n) is 20.6. The van der Waals surface area contributed by atoms with Crippen LogP contribution in [-0.4, -0.2) is 38.2 Å².